The predicted octanol–water partition coefficient (Wildman–Crippen LogP) is 4.45. The summed E-state index contributed by atoms with van der Waals surface area (Å²) in [5, 5.41) is 2.11. The smallest absolute Gasteiger partial charge is 0.186 e. The molecular weight excluding hydrogens is 289 g/mol. The van der Waals surface area contributed by atoms with E-state index in [1.807, 2.05) is 30.3 Å². The number of benzene rings is 2. The summed E-state index contributed by atoms with van der Waals surface area (Å²) >= 11 is 6.01. The quantitative estimate of drug-likeness (QED) is 0.669. The molecule has 4 heteroatoms. The number of pyridine rings is 1. The summed E-state index contributed by atoms with van der Waals surface area (Å²) in [5.41, 5.74) is 0.852. The van der Waals surface area contributed by atoms with E-state index < -0.39 is 5.82 Å². The van der Waals surface area contributed by atoms with E-state index in [0.29, 0.717) is 16.3 Å². The second-order valence-electron chi connectivity index (χ2n) is 4.72. The molecule has 0 bridgehead atoms. The first kappa shape index (κ1) is 13.7. The Morgan fingerprint density at radius 1 is 1.14 bits per heavy atom. The summed E-state index contributed by atoms with van der Waals surface area (Å²) in [6, 6.07) is 13.4. The average Bonchev–Trinajstić information content (AvgIpc) is 2.50. The van der Waals surface area contributed by atoms with Gasteiger partial charge >= 0.3 is 0 Å². The van der Waals surface area contributed by atoms with Gasteiger partial charge in [0, 0.05) is 23.0 Å². The molecule has 0 unspecified atom stereocenters. The summed E-state index contributed by atoms with van der Waals surface area (Å²) in [4.78, 5) is 16.6. The lowest BCUT2D eigenvalue weighted by Crippen LogP contribution is -2.07. The highest BCUT2D eigenvalue weighted by Crippen LogP contribution is 2.22. The van der Waals surface area contributed by atoms with Crippen LogP contribution in [0.3, 0.4) is 0 Å². The number of Topliss-reactive ketones (excluding diaryl/α,β-unsaturated/α-hetero) is 1. The van der Waals surface area contributed by atoms with E-state index >= 15 is 0 Å². The first-order chi connectivity index (χ1) is 10.1. The van der Waals surface area contributed by atoms with Crippen molar-refractivity contribution in [2.24, 2.45) is 0 Å². The van der Waals surface area contributed by atoms with Crippen molar-refractivity contribution in [2.45, 2.75) is 6.42 Å². The number of ketones is 1. The van der Waals surface area contributed by atoms with Crippen LogP contribution in [0.15, 0.2) is 54.7 Å². The summed E-state index contributed by atoms with van der Waals surface area (Å²) in [5.74, 6) is -0.590. The highest BCUT2D eigenvalue weighted by Gasteiger charge is 2.14. The lowest BCUT2D eigenvalue weighted by Gasteiger charge is -2.06. The van der Waals surface area contributed by atoms with Crippen LogP contribution >= 0.6 is 11.6 Å². The van der Waals surface area contributed by atoms with Crippen LogP contribution in [0, 0.1) is 5.82 Å². The molecule has 2 aromatic carbocycles. The number of hydrogen-bond acceptors (Lipinski definition) is 2. The number of nitrogens with zero attached hydrogens (tertiary/aromatic N) is 1. The number of aromatic nitrogens is 1. The molecule has 0 aliphatic heterocycles. The van der Waals surface area contributed by atoms with Gasteiger partial charge in [-0.25, -0.2) is 4.39 Å². The minimum absolute atomic E-state index is 0.0254. The van der Waals surface area contributed by atoms with Gasteiger partial charge in [0.15, 0.2) is 5.78 Å². The highest BCUT2D eigenvalue weighted by molar-refractivity contribution is 6.31. The van der Waals surface area contributed by atoms with Gasteiger partial charge in [0.05, 0.1) is 0 Å². The standard InChI is InChI=1S/C17H11ClFNO/c18-15-6-5-13(19)9-12(15)10-16(21)17-14-4-2-1-3-11(14)7-8-20-17/h1-9H,10H2. The Labute approximate surface area is 126 Å². The average molecular weight is 300 g/mol. The van der Waals surface area contributed by atoms with E-state index in [2.05, 4.69) is 4.98 Å². The zero-order valence-corrected chi connectivity index (χ0v) is 11.8. The fraction of sp³-hybridized carbons (Fsp3) is 0.0588. The van der Waals surface area contributed by atoms with Gasteiger partial charge in [-0.1, -0.05) is 35.9 Å². The van der Waals surface area contributed by atoms with Crippen molar-refractivity contribution in [1.82, 2.24) is 4.98 Å². The van der Waals surface area contributed by atoms with Gasteiger partial charge in [0.25, 0.3) is 0 Å². The third-order valence-electron chi connectivity index (χ3n) is 3.30. The molecule has 0 saturated heterocycles. The predicted molar refractivity (Wildman–Crippen MR) is 81.2 cm³/mol. The highest BCUT2D eigenvalue weighted by atomic mass is 35.5. The van der Waals surface area contributed by atoms with Crippen LogP contribution in [-0.4, -0.2) is 10.8 Å². The molecule has 0 amide bonds. The van der Waals surface area contributed by atoms with Crippen LogP contribution in [0.5, 0.6) is 0 Å². The zero-order chi connectivity index (χ0) is 14.8. The molecule has 3 rings (SSSR count). The number of carbonyl (C=O) groups is 1. The van der Waals surface area contributed by atoms with Crippen LogP contribution in [0.25, 0.3) is 10.8 Å². The second-order valence-corrected chi connectivity index (χ2v) is 5.12. The number of halogens is 2. The van der Waals surface area contributed by atoms with Gasteiger partial charge < -0.3 is 0 Å². The number of carbonyl (C=O) groups excluding carboxylic acids is 1. The molecule has 1 aromatic heterocycles. The molecule has 0 saturated carbocycles. The van der Waals surface area contributed by atoms with Gasteiger partial charge in [-0.2, -0.15) is 0 Å². The number of hydrogen-bond donors (Lipinski definition) is 0. The maximum atomic E-state index is 13.3. The Bertz CT molecular complexity index is 827. The summed E-state index contributed by atoms with van der Waals surface area (Å²) in [7, 11) is 0. The molecule has 0 spiro atoms. The van der Waals surface area contributed by atoms with E-state index in [1.54, 1.807) is 6.20 Å². The lowest BCUT2D eigenvalue weighted by molar-refractivity contribution is 0.0990. The monoisotopic (exact) mass is 299 g/mol. The third-order valence-corrected chi connectivity index (χ3v) is 3.67. The molecule has 104 valence electrons. The maximum Gasteiger partial charge on any atom is 0.186 e. The van der Waals surface area contributed by atoms with Crippen molar-refractivity contribution in [3.63, 3.8) is 0 Å². The van der Waals surface area contributed by atoms with Crippen LogP contribution < -0.4 is 0 Å². The number of fused-ring (bicyclic) bond motifs is 1. The fourth-order valence-corrected chi connectivity index (χ4v) is 2.46. The minimum atomic E-state index is -0.409. The lowest BCUT2D eigenvalue weighted by atomic mass is 10.0. The molecule has 0 fully saturated rings. The molecule has 0 radical (unpaired) electrons. The van der Waals surface area contributed by atoms with Crippen LogP contribution in [-0.2, 0) is 6.42 Å². The van der Waals surface area contributed by atoms with Crippen molar-refractivity contribution in [1.29, 1.82) is 0 Å². The van der Waals surface area contributed by atoms with E-state index in [9.17, 15) is 9.18 Å². The first-order valence-electron chi connectivity index (χ1n) is 6.46. The van der Waals surface area contributed by atoms with Crippen LogP contribution in [0.2, 0.25) is 5.02 Å². The van der Waals surface area contributed by atoms with Crippen molar-refractivity contribution in [3.8, 4) is 0 Å². The van der Waals surface area contributed by atoms with E-state index in [4.69, 9.17) is 11.6 Å². The van der Waals surface area contributed by atoms with E-state index in [1.165, 1.54) is 18.2 Å². The molecular formula is C17H11ClFNO. The SMILES string of the molecule is O=C(Cc1cc(F)ccc1Cl)c1nccc2ccccc12. The van der Waals surface area contributed by atoms with Gasteiger partial charge in [-0.3, -0.25) is 9.78 Å². The van der Waals surface area contributed by atoms with E-state index in [-0.39, 0.29) is 12.2 Å². The third kappa shape index (κ3) is 2.78. The molecule has 0 aliphatic carbocycles. The summed E-state index contributed by atoms with van der Waals surface area (Å²) < 4.78 is 13.3. The largest absolute Gasteiger partial charge is 0.292 e. The Hall–Kier alpha value is -2.26. The summed E-state index contributed by atoms with van der Waals surface area (Å²) in [6.07, 6.45) is 1.63. The number of rotatable bonds is 3. The Morgan fingerprint density at radius 3 is 2.81 bits per heavy atom. The van der Waals surface area contributed by atoms with Crippen LogP contribution in [0.1, 0.15) is 16.1 Å². The molecule has 1 heterocycles. The molecule has 0 atom stereocenters. The normalized spacial score (nSPS) is 10.8. The Balaban J connectivity index is 1.99. The fourth-order valence-electron chi connectivity index (χ4n) is 2.28. The molecule has 0 aliphatic rings. The molecule has 3 aromatic rings. The van der Waals surface area contributed by atoms with Crippen molar-refractivity contribution in [2.75, 3.05) is 0 Å². The van der Waals surface area contributed by atoms with Gasteiger partial charge in [0.2, 0.25) is 0 Å². The second kappa shape index (κ2) is 5.62. The Kier molecular flexibility index (Phi) is 3.67. The minimum Gasteiger partial charge on any atom is -0.292 e. The van der Waals surface area contributed by atoms with Gasteiger partial charge in [0.1, 0.15) is 11.5 Å². The van der Waals surface area contributed by atoms with Crippen molar-refractivity contribution >= 4 is 28.2 Å². The molecule has 21 heavy (non-hydrogen) atoms. The summed E-state index contributed by atoms with van der Waals surface area (Å²) in [6.45, 7) is 0. The molecule has 2 nitrogen and oxygen atoms in total. The topological polar surface area (TPSA) is 30.0 Å². The molecule has 0 N–H and O–H groups in total. The Morgan fingerprint density at radius 2 is 1.95 bits per heavy atom. The first-order valence-corrected chi connectivity index (χ1v) is 6.84. The maximum absolute atomic E-state index is 13.3. The van der Waals surface area contributed by atoms with Crippen molar-refractivity contribution < 1.29 is 9.18 Å². The van der Waals surface area contributed by atoms with Gasteiger partial charge in [-0.15, -0.1) is 0 Å². The van der Waals surface area contributed by atoms with E-state index in [0.717, 1.165) is 10.8 Å². The van der Waals surface area contributed by atoms with Gasteiger partial charge in [-0.05, 0) is 35.2 Å². The zero-order valence-electron chi connectivity index (χ0n) is 11.0. The van der Waals surface area contributed by atoms with Crippen molar-refractivity contribution in [3.05, 3.63) is 76.8 Å². The van der Waals surface area contributed by atoms with Crippen LogP contribution in [0.4, 0.5) is 4.39 Å².